The molecule has 0 bridgehead atoms. The van der Waals surface area contributed by atoms with E-state index >= 15 is 0 Å². The van der Waals surface area contributed by atoms with Gasteiger partial charge in [0.15, 0.2) is 11.6 Å². The highest BCUT2D eigenvalue weighted by Gasteiger charge is 2.22. The van der Waals surface area contributed by atoms with Crippen LogP contribution in [0.25, 0.3) is 0 Å². The summed E-state index contributed by atoms with van der Waals surface area (Å²) in [6, 6.07) is 14.4. The first-order valence-electron chi connectivity index (χ1n) is 10.3. The van der Waals surface area contributed by atoms with Crippen LogP contribution < -0.4 is 9.47 Å². The Morgan fingerprint density at radius 1 is 0.700 bits per heavy atom. The van der Waals surface area contributed by atoms with Gasteiger partial charge in [-0.2, -0.15) is 0 Å². The van der Waals surface area contributed by atoms with E-state index in [0.29, 0.717) is 37.2 Å². The van der Waals surface area contributed by atoms with Crippen LogP contribution in [-0.4, -0.2) is 34.4 Å². The van der Waals surface area contributed by atoms with E-state index in [-0.39, 0.29) is 21.2 Å². The van der Waals surface area contributed by atoms with Gasteiger partial charge in [0.05, 0.1) is 22.9 Å². The van der Waals surface area contributed by atoms with Gasteiger partial charge in [-0.3, -0.25) is 9.59 Å². The number of hydrogen-bond acceptors (Lipinski definition) is 4. The van der Waals surface area contributed by atoms with Crippen molar-refractivity contribution >= 4 is 43.4 Å². The van der Waals surface area contributed by atoms with Crippen molar-refractivity contribution in [1.82, 2.24) is 0 Å². The molecular formula is C24H28Br2O4. The summed E-state index contributed by atoms with van der Waals surface area (Å²) < 4.78 is 11.1. The maximum Gasteiger partial charge on any atom is 0.176 e. The molecule has 2 rings (SSSR count). The fourth-order valence-electron chi connectivity index (χ4n) is 2.79. The van der Waals surface area contributed by atoms with Crippen molar-refractivity contribution in [2.24, 2.45) is 0 Å². The molecule has 0 fully saturated rings. The van der Waals surface area contributed by atoms with Gasteiger partial charge < -0.3 is 9.47 Å². The molecule has 0 saturated carbocycles. The lowest BCUT2D eigenvalue weighted by molar-refractivity contribution is 0.0965. The topological polar surface area (TPSA) is 52.6 Å². The van der Waals surface area contributed by atoms with E-state index in [2.05, 4.69) is 31.9 Å². The molecule has 162 valence electrons. The first-order valence-corrected chi connectivity index (χ1v) is 12.1. The Balaban J connectivity index is 1.85. The molecule has 0 aliphatic carbocycles. The predicted molar refractivity (Wildman–Crippen MR) is 128 cm³/mol. The number of benzene rings is 2. The first kappa shape index (κ1) is 24.6. The quantitative estimate of drug-likeness (QED) is 0.211. The first-order chi connectivity index (χ1) is 14.5. The number of halogens is 2. The van der Waals surface area contributed by atoms with E-state index in [0.717, 1.165) is 24.3 Å². The van der Waals surface area contributed by atoms with Crippen LogP contribution in [0.3, 0.4) is 0 Å². The minimum absolute atomic E-state index is 0.00150. The Morgan fingerprint density at radius 2 is 1.03 bits per heavy atom. The molecule has 2 aromatic rings. The lowest BCUT2D eigenvalue weighted by atomic mass is 10.0. The number of Topliss-reactive ketones (excluding diaryl/α,β-unsaturated/α-hetero) is 2. The molecule has 2 atom stereocenters. The molecule has 0 aromatic heterocycles. The normalized spacial score (nSPS) is 12.8. The highest BCUT2D eigenvalue weighted by Crippen LogP contribution is 2.23. The average molecular weight is 540 g/mol. The van der Waals surface area contributed by atoms with Gasteiger partial charge in [-0.15, -0.1) is 0 Å². The molecule has 30 heavy (non-hydrogen) atoms. The van der Waals surface area contributed by atoms with Crippen molar-refractivity contribution in [3.05, 3.63) is 59.7 Å². The average Bonchev–Trinajstić information content (AvgIpc) is 2.79. The maximum absolute atomic E-state index is 12.6. The molecule has 0 spiro atoms. The molecule has 0 amide bonds. The van der Waals surface area contributed by atoms with E-state index in [1.807, 2.05) is 38.1 Å². The van der Waals surface area contributed by atoms with Gasteiger partial charge >= 0.3 is 0 Å². The lowest BCUT2D eigenvalue weighted by Crippen LogP contribution is -2.19. The molecule has 6 heteroatoms. The molecule has 0 heterocycles. The Hall–Kier alpha value is -1.66. The van der Waals surface area contributed by atoms with Crippen molar-refractivity contribution in [2.45, 2.75) is 49.2 Å². The van der Waals surface area contributed by atoms with Crippen molar-refractivity contribution in [3.63, 3.8) is 0 Å². The van der Waals surface area contributed by atoms with Crippen LogP contribution in [0.1, 0.15) is 60.2 Å². The second-order valence-electron chi connectivity index (χ2n) is 6.99. The Morgan fingerprint density at radius 3 is 1.33 bits per heavy atom. The van der Waals surface area contributed by atoms with Crippen LogP contribution in [0.15, 0.2) is 48.5 Å². The van der Waals surface area contributed by atoms with Gasteiger partial charge in [-0.1, -0.05) is 45.7 Å². The van der Waals surface area contributed by atoms with E-state index in [1.165, 1.54) is 0 Å². The smallest absolute Gasteiger partial charge is 0.176 e. The number of ether oxygens (including phenoxy) is 2. The molecule has 0 unspecified atom stereocenters. The van der Waals surface area contributed by atoms with Crippen LogP contribution in [-0.2, 0) is 0 Å². The molecule has 0 aliphatic rings. The number of rotatable bonds is 13. The molecule has 0 aliphatic heterocycles. The Kier molecular flexibility index (Phi) is 10.6. The minimum Gasteiger partial charge on any atom is -0.494 e. The van der Waals surface area contributed by atoms with Crippen molar-refractivity contribution in [2.75, 3.05) is 13.2 Å². The van der Waals surface area contributed by atoms with Crippen LogP contribution in [0.4, 0.5) is 0 Å². The summed E-state index contributed by atoms with van der Waals surface area (Å²) in [4.78, 5) is 24.6. The number of carbonyl (C=O) groups excluding carboxylic acids is 2. The van der Waals surface area contributed by atoms with Crippen molar-refractivity contribution < 1.29 is 19.1 Å². The summed E-state index contributed by atoms with van der Waals surface area (Å²) in [7, 11) is 0. The van der Waals surface area contributed by atoms with Crippen molar-refractivity contribution in [1.29, 1.82) is 0 Å². The van der Waals surface area contributed by atoms with Gasteiger partial charge in [0.25, 0.3) is 0 Å². The zero-order valence-electron chi connectivity index (χ0n) is 17.4. The summed E-state index contributed by atoms with van der Waals surface area (Å²) >= 11 is 6.96. The fraction of sp³-hybridized carbons (Fsp3) is 0.417. The molecule has 0 saturated heterocycles. The van der Waals surface area contributed by atoms with E-state index < -0.39 is 0 Å². The van der Waals surface area contributed by atoms with E-state index in [1.54, 1.807) is 24.3 Å². The van der Waals surface area contributed by atoms with Crippen LogP contribution in [0.5, 0.6) is 11.5 Å². The molecule has 2 aromatic carbocycles. The van der Waals surface area contributed by atoms with Gasteiger partial charge in [0.1, 0.15) is 11.5 Å². The van der Waals surface area contributed by atoms with Gasteiger partial charge in [-0.25, -0.2) is 0 Å². The zero-order valence-corrected chi connectivity index (χ0v) is 20.6. The van der Waals surface area contributed by atoms with Gasteiger partial charge in [-0.05, 0) is 74.2 Å². The maximum atomic E-state index is 12.6. The number of ketones is 2. The number of carbonyl (C=O) groups is 2. The minimum atomic E-state index is -0.349. The molecule has 0 radical (unpaired) electrons. The van der Waals surface area contributed by atoms with E-state index in [9.17, 15) is 9.59 Å². The van der Waals surface area contributed by atoms with Gasteiger partial charge in [0, 0.05) is 11.1 Å². The highest BCUT2D eigenvalue weighted by molar-refractivity contribution is 9.10. The highest BCUT2D eigenvalue weighted by atomic mass is 79.9. The third-order valence-corrected chi connectivity index (χ3v) is 6.21. The SMILES string of the molecule is CCCOc1ccc(C(=O)[C@H](Br)CC[C@H](Br)C(=O)c2ccc(OCCC)cc2)cc1. The summed E-state index contributed by atoms with van der Waals surface area (Å²) in [6.45, 7) is 5.41. The van der Waals surface area contributed by atoms with Crippen molar-refractivity contribution in [3.8, 4) is 11.5 Å². The Bertz CT molecular complexity index is 733. The van der Waals surface area contributed by atoms with E-state index in [4.69, 9.17) is 9.47 Å². The summed E-state index contributed by atoms with van der Waals surface area (Å²) in [5, 5.41) is 0. The largest absolute Gasteiger partial charge is 0.494 e. The monoisotopic (exact) mass is 538 g/mol. The summed E-state index contributed by atoms with van der Waals surface area (Å²) in [6.07, 6.45) is 2.97. The predicted octanol–water partition coefficient (Wildman–Crippen LogP) is 6.64. The summed E-state index contributed by atoms with van der Waals surface area (Å²) in [5.74, 6) is 1.52. The lowest BCUT2D eigenvalue weighted by Gasteiger charge is -2.13. The second-order valence-corrected chi connectivity index (χ2v) is 9.20. The zero-order chi connectivity index (χ0) is 21.9. The number of hydrogen-bond donors (Lipinski definition) is 0. The van der Waals surface area contributed by atoms with Crippen LogP contribution >= 0.6 is 31.9 Å². The molecule has 4 nitrogen and oxygen atoms in total. The van der Waals surface area contributed by atoms with Crippen LogP contribution in [0, 0.1) is 0 Å². The third kappa shape index (κ3) is 7.55. The fourth-order valence-corrected chi connectivity index (χ4v) is 3.84. The molecule has 0 N–H and O–H groups in total. The Labute approximate surface area is 195 Å². The summed E-state index contributed by atoms with van der Waals surface area (Å²) in [5.41, 5.74) is 1.25. The second kappa shape index (κ2) is 12.9. The van der Waals surface area contributed by atoms with Gasteiger partial charge in [0.2, 0.25) is 0 Å². The standard InChI is InChI=1S/C24H28Br2O4/c1-3-15-29-19-9-5-17(6-10-19)23(27)21(25)13-14-22(26)24(28)18-7-11-20(12-8-18)30-16-4-2/h5-12,21-22H,3-4,13-16H2,1-2H3/t21-,22+. The molecular weight excluding hydrogens is 512 g/mol. The third-order valence-electron chi connectivity index (χ3n) is 4.47. The van der Waals surface area contributed by atoms with Crippen LogP contribution in [0.2, 0.25) is 0 Å². The number of alkyl halides is 2.